The summed E-state index contributed by atoms with van der Waals surface area (Å²) in [6, 6.07) is 17.8. The Kier molecular flexibility index (Phi) is 8.30. The van der Waals surface area contributed by atoms with Gasteiger partial charge in [-0.05, 0) is 66.6 Å². The Morgan fingerprint density at radius 1 is 1.15 bits per heavy atom. The maximum Gasteiger partial charge on any atom is 0.305 e. The number of rotatable bonds is 9. The van der Waals surface area contributed by atoms with Gasteiger partial charge in [-0.25, -0.2) is 0 Å². The first-order chi connectivity index (χ1) is 19.2. The molecule has 1 amide bonds. The number of nitrogens with zero attached hydrogens (tertiary/aromatic N) is 2. The number of fused-ring (bicyclic) bond motifs is 1. The van der Waals surface area contributed by atoms with Crippen molar-refractivity contribution in [1.29, 1.82) is 0 Å². The molecule has 7 nitrogen and oxygen atoms in total. The maximum absolute atomic E-state index is 12.6. The molecule has 0 fully saturated rings. The van der Waals surface area contributed by atoms with E-state index in [1.807, 2.05) is 41.9 Å². The lowest BCUT2D eigenvalue weighted by molar-refractivity contribution is -0.136. The SMILES string of the molecule is COc1ccc2cc(-c3cc(C4C=C(Cl)C=C(Cl)C4)nn3C(C)c3ccc(C(=O)NCCC(=O)O)s3)ccc2c1. The van der Waals surface area contributed by atoms with Crippen LogP contribution in [0.2, 0.25) is 0 Å². The van der Waals surface area contributed by atoms with Crippen molar-refractivity contribution >= 4 is 57.2 Å². The monoisotopic (exact) mass is 595 g/mol. The minimum absolute atomic E-state index is 0.0687. The van der Waals surface area contributed by atoms with Crippen LogP contribution in [0.4, 0.5) is 0 Å². The van der Waals surface area contributed by atoms with Crippen LogP contribution in [0.1, 0.15) is 52.0 Å². The van der Waals surface area contributed by atoms with Crippen LogP contribution in [0.25, 0.3) is 22.0 Å². The molecule has 2 unspecified atom stereocenters. The Morgan fingerprint density at radius 2 is 1.93 bits per heavy atom. The molecule has 2 aromatic carbocycles. The Balaban J connectivity index is 1.51. The van der Waals surface area contributed by atoms with Crippen molar-refractivity contribution in [2.75, 3.05) is 13.7 Å². The van der Waals surface area contributed by atoms with Crippen molar-refractivity contribution < 1.29 is 19.4 Å². The number of thiophene rings is 1. The minimum atomic E-state index is -0.957. The summed E-state index contributed by atoms with van der Waals surface area (Å²) >= 11 is 14.1. The van der Waals surface area contributed by atoms with Crippen LogP contribution in [0.15, 0.2) is 76.8 Å². The van der Waals surface area contributed by atoms with Crippen molar-refractivity contribution in [2.45, 2.75) is 31.7 Å². The smallest absolute Gasteiger partial charge is 0.305 e. The highest BCUT2D eigenvalue weighted by Crippen LogP contribution is 2.38. The number of amides is 1. The highest BCUT2D eigenvalue weighted by Gasteiger charge is 2.24. The van der Waals surface area contributed by atoms with Crippen LogP contribution in [-0.2, 0) is 4.79 Å². The van der Waals surface area contributed by atoms with E-state index < -0.39 is 5.97 Å². The van der Waals surface area contributed by atoms with Crippen molar-refractivity contribution in [3.63, 3.8) is 0 Å². The van der Waals surface area contributed by atoms with Gasteiger partial charge in [-0.3, -0.25) is 14.3 Å². The second-order valence-electron chi connectivity index (χ2n) is 9.56. The molecule has 2 N–H and O–H groups in total. The third-order valence-corrected chi connectivity index (χ3v) is 8.55. The third kappa shape index (κ3) is 6.09. The van der Waals surface area contributed by atoms with Crippen molar-refractivity contribution in [2.24, 2.45) is 0 Å². The average molecular weight is 597 g/mol. The van der Waals surface area contributed by atoms with Crippen LogP contribution < -0.4 is 10.1 Å². The van der Waals surface area contributed by atoms with Gasteiger partial charge in [-0.2, -0.15) is 5.10 Å². The summed E-state index contributed by atoms with van der Waals surface area (Å²) in [6.07, 6.45) is 4.20. The summed E-state index contributed by atoms with van der Waals surface area (Å²) in [4.78, 5) is 24.8. The molecule has 1 aliphatic carbocycles. The highest BCUT2D eigenvalue weighted by molar-refractivity contribution is 7.14. The minimum Gasteiger partial charge on any atom is -0.497 e. The van der Waals surface area contributed by atoms with Gasteiger partial charge in [0.25, 0.3) is 5.91 Å². The zero-order valence-corrected chi connectivity index (χ0v) is 24.2. The molecular formula is C30H27Cl2N3O4S. The van der Waals surface area contributed by atoms with E-state index in [2.05, 4.69) is 29.6 Å². The number of carboxylic acid groups (broad SMARTS) is 1. The number of hydrogen-bond acceptors (Lipinski definition) is 5. The molecule has 1 aliphatic rings. The zero-order valence-electron chi connectivity index (χ0n) is 21.9. The molecule has 2 heterocycles. The van der Waals surface area contributed by atoms with Crippen LogP contribution in [0.3, 0.4) is 0 Å². The van der Waals surface area contributed by atoms with E-state index in [1.165, 1.54) is 11.3 Å². The van der Waals surface area contributed by atoms with Crippen LogP contribution in [0.5, 0.6) is 5.75 Å². The summed E-state index contributed by atoms with van der Waals surface area (Å²) in [5.74, 6) is -0.519. The predicted molar refractivity (Wildman–Crippen MR) is 160 cm³/mol. The quantitative estimate of drug-likeness (QED) is 0.211. The fourth-order valence-corrected chi connectivity index (χ4v) is 6.30. The van der Waals surface area contributed by atoms with Gasteiger partial charge < -0.3 is 15.2 Å². The number of carboxylic acids is 1. The number of carbonyl (C=O) groups excluding carboxylic acids is 1. The Bertz CT molecular complexity index is 1660. The lowest BCUT2D eigenvalue weighted by Crippen LogP contribution is -2.25. The second kappa shape index (κ2) is 11.9. The molecule has 2 atom stereocenters. The molecule has 0 bridgehead atoms. The van der Waals surface area contributed by atoms with E-state index >= 15 is 0 Å². The van der Waals surface area contributed by atoms with Gasteiger partial charge in [0, 0.05) is 33.0 Å². The number of benzene rings is 2. The summed E-state index contributed by atoms with van der Waals surface area (Å²) in [5, 5.41) is 19.9. The van der Waals surface area contributed by atoms with Crippen LogP contribution in [0, 0.1) is 0 Å². The van der Waals surface area contributed by atoms with Crippen molar-refractivity contribution in [3.05, 3.63) is 92.3 Å². The molecule has 4 aromatic rings. The normalized spacial score (nSPS) is 15.8. The van der Waals surface area contributed by atoms with E-state index in [-0.39, 0.29) is 30.8 Å². The van der Waals surface area contributed by atoms with Gasteiger partial charge in [0.05, 0.1) is 35.8 Å². The first-order valence-electron chi connectivity index (χ1n) is 12.7. The van der Waals surface area contributed by atoms with Gasteiger partial charge >= 0.3 is 5.97 Å². The van der Waals surface area contributed by atoms with Crippen molar-refractivity contribution in [1.82, 2.24) is 15.1 Å². The van der Waals surface area contributed by atoms with Gasteiger partial charge in [0.15, 0.2) is 0 Å². The Morgan fingerprint density at radius 3 is 2.67 bits per heavy atom. The Hall–Kier alpha value is -3.59. The molecule has 5 rings (SSSR count). The molecule has 206 valence electrons. The fraction of sp³-hybridized carbons (Fsp3) is 0.233. The van der Waals surface area contributed by atoms with Gasteiger partial charge in [0.1, 0.15) is 5.75 Å². The lowest BCUT2D eigenvalue weighted by Gasteiger charge is -2.16. The van der Waals surface area contributed by atoms with E-state index in [0.29, 0.717) is 21.4 Å². The average Bonchev–Trinajstić information content (AvgIpc) is 3.60. The first-order valence-corrected chi connectivity index (χ1v) is 14.3. The maximum atomic E-state index is 12.6. The molecule has 10 heteroatoms. The number of methoxy groups -OCH3 is 1. The number of halogens is 2. The topological polar surface area (TPSA) is 93.5 Å². The molecule has 0 aliphatic heterocycles. The fourth-order valence-electron chi connectivity index (χ4n) is 4.71. The number of carbonyl (C=O) groups is 2. The van der Waals surface area contributed by atoms with E-state index in [9.17, 15) is 9.59 Å². The Labute approximate surface area is 245 Å². The van der Waals surface area contributed by atoms with E-state index in [1.54, 1.807) is 19.3 Å². The van der Waals surface area contributed by atoms with Gasteiger partial charge in [0.2, 0.25) is 0 Å². The third-order valence-electron chi connectivity index (χ3n) is 6.80. The summed E-state index contributed by atoms with van der Waals surface area (Å²) < 4.78 is 7.35. The standard InChI is InChI=1S/C30H27Cl2N3O4S/c1-17(27-7-8-28(40-27)30(38)33-10-9-29(36)37)35-26(16-25(34-35)21-12-22(31)15-23(32)13-21)20-4-3-19-14-24(39-2)6-5-18(19)11-20/h3-8,11-12,14-17,21H,9-10,13H2,1-2H3,(H,33,38)(H,36,37). The second-order valence-corrected chi connectivity index (χ2v) is 11.6. The van der Waals surface area contributed by atoms with E-state index in [4.69, 9.17) is 38.1 Å². The van der Waals surface area contributed by atoms with Gasteiger partial charge in [-0.15, -0.1) is 11.3 Å². The molecule has 0 spiro atoms. The summed E-state index contributed by atoms with van der Waals surface area (Å²) in [7, 11) is 1.65. The number of aromatic nitrogens is 2. The summed E-state index contributed by atoms with van der Waals surface area (Å²) in [5.41, 5.74) is 2.78. The predicted octanol–water partition coefficient (Wildman–Crippen LogP) is 7.32. The molecule has 2 aromatic heterocycles. The summed E-state index contributed by atoms with van der Waals surface area (Å²) in [6.45, 7) is 2.12. The molecule has 40 heavy (non-hydrogen) atoms. The van der Waals surface area contributed by atoms with Crippen LogP contribution in [-0.4, -0.2) is 40.4 Å². The molecule has 0 saturated heterocycles. The number of hydrogen-bond donors (Lipinski definition) is 2. The molecular weight excluding hydrogens is 569 g/mol. The first kappa shape index (κ1) is 28.0. The van der Waals surface area contributed by atoms with Crippen molar-refractivity contribution in [3.8, 4) is 17.0 Å². The number of ether oxygens (including phenoxy) is 1. The lowest BCUT2D eigenvalue weighted by atomic mass is 9.96. The molecule has 0 radical (unpaired) electrons. The molecule has 0 saturated carbocycles. The number of aliphatic carboxylic acids is 1. The number of nitrogens with one attached hydrogen (secondary N) is 1. The van der Waals surface area contributed by atoms with E-state index in [0.717, 1.165) is 38.4 Å². The largest absolute Gasteiger partial charge is 0.497 e. The van der Waals surface area contributed by atoms with Crippen LogP contribution >= 0.6 is 34.5 Å². The zero-order chi connectivity index (χ0) is 28.4. The highest BCUT2D eigenvalue weighted by atomic mass is 35.5. The van der Waals surface area contributed by atoms with Gasteiger partial charge in [-0.1, -0.05) is 47.5 Å². The number of allylic oxidation sites excluding steroid dienone is 4.